The highest BCUT2D eigenvalue weighted by molar-refractivity contribution is 5.24. The molecule has 0 aliphatic carbocycles. The van der Waals surface area contributed by atoms with Crippen molar-refractivity contribution in [3.8, 4) is 0 Å². The van der Waals surface area contributed by atoms with E-state index in [4.69, 9.17) is 10.5 Å². The van der Waals surface area contributed by atoms with Gasteiger partial charge in [0.25, 0.3) is 0 Å². The molecular weight excluding hydrogens is 188 g/mol. The van der Waals surface area contributed by atoms with Gasteiger partial charge in [0.05, 0.1) is 13.2 Å². The molecule has 0 aromatic rings. The molecule has 15 heavy (non-hydrogen) atoms. The largest absolute Gasteiger partial charge is 0.402 e. The van der Waals surface area contributed by atoms with Gasteiger partial charge in [0, 0.05) is 24.5 Å². The molecule has 1 saturated heterocycles. The van der Waals surface area contributed by atoms with Crippen LogP contribution in [0, 0.1) is 0 Å². The molecule has 1 aliphatic heterocycles. The maximum atomic E-state index is 5.62. The van der Waals surface area contributed by atoms with Gasteiger partial charge in [-0.25, -0.2) is 0 Å². The SMILES string of the molecule is C\C=C/C(=C\C=C(/C)N)N1CCOCC1. The van der Waals surface area contributed by atoms with Gasteiger partial charge in [-0.15, -0.1) is 0 Å². The van der Waals surface area contributed by atoms with Crippen molar-refractivity contribution < 1.29 is 4.74 Å². The van der Waals surface area contributed by atoms with Crippen LogP contribution >= 0.6 is 0 Å². The van der Waals surface area contributed by atoms with Crippen LogP contribution in [0.3, 0.4) is 0 Å². The van der Waals surface area contributed by atoms with Crippen molar-refractivity contribution in [2.24, 2.45) is 5.73 Å². The van der Waals surface area contributed by atoms with E-state index in [2.05, 4.69) is 17.1 Å². The lowest BCUT2D eigenvalue weighted by Crippen LogP contribution is -2.35. The van der Waals surface area contributed by atoms with Crippen LogP contribution in [-0.4, -0.2) is 31.2 Å². The monoisotopic (exact) mass is 208 g/mol. The number of nitrogens with zero attached hydrogens (tertiary/aromatic N) is 1. The van der Waals surface area contributed by atoms with E-state index in [1.807, 2.05) is 26.0 Å². The van der Waals surface area contributed by atoms with Gasteiger partial charge >= 0.3 is 0 Å². The highest BCUT2D eigenvalue weighted by atomic mass is 16.5. The molecule has 3 nitrogen and oxygen atoms in total. The first-order chi connectivity index (χ1) is 7.24. The van der Waals surface area contributed by atoms with Crippen molar-refractivity contribution >= 4 is 0 Å². The fourth-order valence-corrected chi connectivity index (χ4v) is 1.48. The summed E-state index contributed by atoms with van der Waals surface area (Å²) in [7, 11) is 0. The van der Waals surface area contributed by atoms with Crippen LogP contribution in [0.2, 0.25) is 0 Å². The molecular formula is C12H20N2O. The molecule has 1 aliphatic rings. The summed E-state index contributed by atoms with van der Waals surface area (Å²) in [6, 6.07) is 0. The maximum absolute atomic E-state index is 5.62. The van der Waals surface area contributed by atoms with Crippen molar-refractivity contribution in [1.82, 2.24) is 4.90 Å². The molecule has 2 N–H and O–H groups in total. The molecule has 1 fully saturated rings. The zero-order valence-electron chi connectivity index (χ0n) is 9.57. The quantitative estimate of drug-likeness (QED) is 0.717. The molecule has 0 bridgehead atoms. The van der Waals surface area contributed by atoms with Crippen LogP contribution in [0.15, 0.2) is 35.7 Å². The predicted molar refractivity (Wildman–Crippen MR) is 63.2 cm³/mol. The lowest BCUT2D eigenvalue weighted by atomic mass is 10.2. The third kappa shape index (κ3) is 4.21. The van der Waals surface area contributed by atoms with Crippen molar-refractivity contribution in [2.45, 2.75) is 13.8 Å². The summed E-state index contributed by atoms with van der Waals surface area (Å²) in [4.78, 5) is 2.31. The van der Waals surface area contributed by atoms with Crippen molar-refractivity contribution in [2.75, 3.05) is 26.3 Å². The number of morpholine rings is 1. The minimum absolute atomic E-state index is 0.806. The van der Waals surface area contributed by atoms with E-state index in [0.29, 0.717) is 0 Å². The van der Waals surface area contributed by atoms with Crippen LogP contribution in [0.25, 0.3) is 0 Å². The Hall–Kier alpha value is -1.22. The Kier molecular flexibility index (Phi) is 4.98. The molecule has 0 aromatic carbocycles. The zero-order chi connectivity index (χ0) is 11.1. The normalized spacial score (nSPS) is 20.0. The van der Waals surface area contributed by atoms with Crippen LogP contribution in [-0.2, 0) is 4.74 Å². The van der Waals surface area contributed by atoms with Gasteiger partial charge in [0.15, 0.2) is 0 Å². The Balaban J connectivity index is 2.71. The summed E-state index contributed by atoms with van der Waals surface area (Å²) in [5, 5.41) is 0. The average molecular weight is 208 g/mol. The molecule has 0 radical (unpaired) electrons. The van der Waals surface area contributed by atoms with Gasteiger partial charge in [-0.3, -0.25) is 0 Å². The van der Waals surface area contributed by atoms with Gasteiger partial charge in [0.2, 0.25) is 0 Å². The zero-order valence-corrected chi connectivity index (χ0v) is 9.57. The summed E-state index contributed by atoms with van der Waals surface area (Å²) in [6.45, 7) is 7.43. The summed E-state index contributed by atoms with van der Waals surface area (Å²) >= 11 is 0. The van der Waals surface area contributed by atoms with Crippen molar-refractivity contribution in [1.29, 1.82) is 0 Å². The van der Waals surface area contributed by atoms with Crippen LogP contribution < -0.4 is 5.73 Å². The van der Waals surface area contributed by atoms with E-state index in [1.54, 1.807) is 0 Å². The minimum Gasteiger partial charge on any atom is -0.402 e. The van der Waals surface area contributed by atoms with E-state index in [9.17, 15) is 0 Å². The number of hydrogen-bond acceptors (Lipinski definition) is 3. The average Bonchev–Trinajstić information content (AvgIpc) is 2.25. The number of nitrogens with two attached hydrogens (primary N) is 1. The van der Waals surface area contributed by atoms with Crippen molar-refractivity contribution in [3.05, 3.63) is 35.7 Å². The van der Waals surface area contributed by atoms with Crippen LogP contribution in [0.4, 0.5) is 0 Å². The van der Waals surface area contributed by atoms with E-state index >= 15 is 0 Å². The molecule has 84 valence electrons. The van der Waals surface area contributed by atoms with Gasteiger partial charge in [0.1, 0.15) is 0 Å². The first-order valence-corrected chi connectivity index (χ1v) is 5.33. The highest BCUT2D eigenvalue weighted by Crippen LogP contribution is 2.09. The third-order valence-electron chi connectivity index (χ3n) is 2.23. The second kappa shape index (κ2) is 6.30. The fraction of sp³-hybridized carbons (Fsp3) is 0.500. The number of ether oxygens (including phenoxy) is 1. The Labute approximate surface area is 91.9 Å². The van der Waals surface area contributed by atoms with Crippen molar-refractivity contribution in [3.63, 3.8) is 0 Å². The minimum atomic E-state index is 0.806. The first-order valence-electron chi connectivity index (χ1n) is 5.33. The molecule has 0 saturated carbocycles. The Bertz CT molecular complexity index is 269. The van der Waals surface area contributed by atoms with E-state index < -0.39 is 0 Å². The molecule has 1 heterocycles. The first kappa shape index (κ1) is 11.9. The Morgan fingerprint density at radius 2 is 1.93 bits per heavy atom. The Morgan fingerprint density at radius 1 is 1.27 bits per heavy atom. The molecule has 3 heteroatoms. The topological polar surface area (TPSA) is 38.5 Å². The van der Waals surface area contributed by atoms with Gasteiger partial charge in [-0.05, 0) is 32.1 Å². The molecule has 0 spiro atoms. The van der Waals surface area contributed by atoms with Crippen LogP contribution in [0.1, 0.15) is 13.8 Å². The standard InChI is InChI=1S/C12H20N2O/c1-3-4-12(6-5-11(2)13)14-7-9-15-10-8-14/h3-6H,7-10,13H2,1-2H3/b4-3-,11-5+,12-6+. The summed E-state index contributed by atoms with van der Waals surface area (Å²) in [6.07, 6.45) is 8.14. The summed E-state index contributed by atoms with van der Waals surface area (Å²) in [5.41, 5.74) is 7.64. The van der Waals surface area contributed by atoms with Gasteiger partial charge < -0.3 is 15.4 Å². The number of hydrogen-bond donors (Lipinski definition) is 1. The predicted octanol–water partition coefficient (Wildman–Crippen LogP) is 1.64. The van der Waals surface area contributed by atoms with E-state index in [-0.39, 0.29) is 0 Å². The molecule has 0 unspecified atom stereocenters. The van der Waals surface area contributed by atoms with Gasteiger partial charge in [-0.1, -0.05) is 6.08 Å². The lowest BCUT2D eigenvalue weighted by Gasteiger charge is -2.29. The van der Waals surface area contributed by atoms with E-state index in [1.165, 1.54) is 5.70 Å². The second-order valence-corrected chi connectivity index (χ2v) is 3.60. The van der Waals surface area contributed by atoms with Crippen LogP contribution in [0.5, 0.6) is 0 Å². The molecule has 0 atom stereocenters. The summed E-state index contributed by atoms with van der Waals surface area (Å²) < 4.78 is 5.32. The maximum Gasteiger partial charge on any atom is 0.0642 e. The smallest absolute Gasteiger partial charge is 0.0642 e. The third-order valence-corrected chi connectivity index (χ3v) is 2.23. The molecule has 0 amide bonds. The number of rotatable bonds is 3. The molecule has 1 rings (SSSR count). The Morgan fingerprint density at radius 3 is 2.47 bits per heavy atom. The molecule has 0 aromatic heterocycles. The fourth-order valence-electron chi connectivity index (χ4n) is 1.48. The van der Waals surface area contributed by atoms with Gasteiger partial charge in [-0.2, -0.15) is 0 Å². The second-order valence-electron chi connectivity index (χ2n) is 3.60. The number of allylic oxidation sites excluding steroid dienone is 5. The lowest BCUT2D eigenvalue weighted by molar-refractivity contribution is 0.0554. The van der Waals surface area contributed by atoms with E-state index in [0.717, 1.165) is 32.0 Å². The highest BCUT2D eigenvalue weighted by Gasteiger charge is 2.10. The summed E-state index contributed by atoms with van der Waals surface area (Å²) in [5.74, 6) is 0.